The summed E-state index contributed by atoms with van der Waals surface area (Å²) >= 11 is 0. The van der Waals surface area contributed by atoms with Crippen molar-refractivity contribution in [3.05, 3.63) is 43.1 Å². The Hall–Kier alpha value is -2.96. The van der Waals surface area contributed by atoms with Crippen LogP contribution in [-0.2, 0) is 7.05 Å². The molecule has 1 N–H and O–H groups in total. The van der Waals surface area contributed by atoms with E-state index < -0.39 is 0 Å². The van der Waals surface area contributed by atoms with Crippen LogP contribution in [0.5, 0.6) is 0 Å². The first-order valence-corrected chi connectivity index (χ1v) is 6.15. The van der Waals surface area contributed by atoms with Crippen LogP contribution in [0.1, 0.15) is 0 Å². The summed E-state index contributed by atoms with van der Waals surface area (Å²) in [5.74, 6) is 0. The minimum Gasteiger partial charge on any atom is -0.285 e. The summed E-state index contributed by atoms with van der Waals surface area (Å²) in [6, 6.07) is 3.86. The number of aromatic nitrogens is 7. The molecule has 7 nitrogen and oxygen atoms in total. The van der Waals surface area contributed by atoms with E-state index in [4.69, 9.17) is 4.98 Å². The molecule has 0 aromatic carbocycles. The van der Waals surface area contributed by atoms with Crippen molar-refractivity contribution in [3.8, 4) is 22.6 Å². The number of nitrogens with zero attached hydrogens (tertiary/aromatic N) is 6. The molecule has 4 aromatic heterocycles. The van der Waals surface area contributed by atoms with Gasteiger partial charge >= 0.3 is 0 Å². The molecule has 0 bridgehead atoms. The van der Waals surface area contributed by atoms with Crippen LogP contribution >= 0.6 is 0 Å². The second-order valence-electron chi connectivity index (χ2n) is 4.50. The number of rotatable bonds is 2. The molecule has 0 aliphatic carbocycles. The lowest BCUT2D eigenvalue weighted by molar-refractivity contribution is 0.769. The molecule has 4 heterocycles. The van der Waals surface area contributed by atoms with Crippen LogP contribution in [0.4, 0.5) is 0 Å². The Bertz CT molecular complexity index is 869. The highest BCUT2D eigenvalue weighted by Crippen LogP contribution is 2.25. The number of nitrogens with one attached hydrogen (secondary N) is 1. The quantitative estimate of drug-likeness (QED) is 0.596. The summed E-state index contributed by atoms with van der Waals surface area (Å²) in [4.78, 5) is 4.70. The Morgan fingerprint density at radius 3 is 2.90 bits per heavy atom. The van der Waals surface area contributed by atoms with E-state index >= 15 is 0 Å². The van der Waals surface area contributed by atoms with Crippen LogP contribution in [0.15, 0.2) is 43.1 Å². The fourth-order valence-electron chi connectivity index (χ4n) is 2.19. The van der Waals surface area contributed by atoms with Crippen molar-refractivity contribution >= 4 is 5.52 Å². The molecule has 0 aliphatic rings. The highest BCUT2D eigenvalue weighted by Gasteiger charge is 2.12. The standard InChI is InChI=1S/C13H11N7/c1-19-5-3-10(18-19)11-8-20-12(2-4-16-20)13(17-11)9-6-14-15-7-9/h2-8H,1H3,(H,14,15). The fourth-order valence-corrected chi connectivity index (χ4v) is 2.19. The van der Waals surface area contributed by atoms with Gasteiger partial charge in [0.25, 0.3) is 0 Å². The Balaban J connectivity index is 2.00. The lowest BCUT2D eigenvalue weighted by Gasteiger charge is -2.04. The van der Waals surface area contributed by atoms with Crippen LogP contribution in [-0.4, -0.2) is 34.6 Å². The third-order valence-corrected chi connectivity index (χ3v) is 3.14. The van der Waals surface area contributed by atoms with Gasteiger partial charge in [-0.25, -0.2) is 9.50 Å². The minimum absolute atomic E-state index is 0.776. The maximum Gasteiger partial charge on any atom is 0.112 e. The molecule has 0 atom stereocenters. The summed E-state index contributed by atoms with van der Waals surface area (Å²) in [5.41, 5.74) is 4.28. The van der Waals surface area contributed by atoms with Gasteiger partial charge in [-0.05, 0) is 12.1 Å². The molecule has 0 fully saturated rings. The Morgan fingerprint density at radius 2 is 2.15 bits per heavy atom. The van der Waals surface area contributed by atoms with Gasteiger partial charge in [0, 0.05) is 25.0 Å². The molecule has 0 saturated heterocycles. The average Bonchev–Trinajstić information content (AvgIpc) is 3.18. The van der Waals surface area contributed by atoms with Crippen LogP contribution in [0.2, 0.25) is 0 Å². The Labute approximate surface area is 113 Å². The fraction of sp³-hybridized carbons (Fsp3) is 0.0769. The van der Waals surface area contributed by atoms with Crippen LogP contribution < -0.4 is 0 Å². The van der Waals surface area contributed by atoms with E-state index in [0.29, 0.717) is 0 Å². The van der Waals surface area contributed by atoms with Crippen molar-refractivity contribution in [2.75, 3.05) is 0 Å². The highest BCUT2D eigenvalue weighted by atomic mass is 15.3. The topological polar surface area (TPSA) is 76.7 Å². The van der Waals surface area contributed by atoms with Gasteiger partial charge < -0.3 is 0 Å². The van der Waals surface area contributed by atoms with E-state index in [2.05, 4.69) is 20.4 Å². The smallest absolute Gasteiger partial charge is 0.112 e. The van der Waals surface area contributed by atoms with E-state index in [0.717, 1.165) is 28.2 Å². The summed E-state index contributed by atoms with van der Waals surface area (Å²) in [7, 11) is 1.88. The largest absolute Gasteiger partial charge is 0.285 e. The molecule has 0 unspecified atom stereocenters. The molecule has 0 radical (unpaired) electrons. The third kappa shape index (κ3) is 1.60. The van der Waals surface area contributed by atoms with Gasteiger partial charge in [0.15, 0.2) is 0 Å². The van der Waals surface area contributed by atoms with Crippen molar-refractivity contribution < 1.29 is 0 Å². The van der Waals surface area contributed by atoms with E-state index in [1.807, 2.05) is 37.8 Å². The number of hydrogen-bond acceptors (Lipinski definition) is 4. The molecule has 0 saturated carbocycles. The minimum atomic E-state index is 0.776. The molecule has 0 aliphatic heterocycles. The average molecular weight is 265 g/mol. The van der Waals surface area contributed by atoms with E-state index in [1.54, 1.807) is 21.6 Å². The first-order valence-electron chi connectivity index (χ1n) is 6.15. The first-order chi connectivity index (χ1) is 9.81. The number of H-pyrrole nitrogens is 1. The number of fused-ring (bicyclic) bond motifs is 1. The number of aryl methyl sites for hydroxylation is 1. The summed E-state index contributed by atoms with van der Waals surface area (Å²) in [5, 5.41) is 15.5. The molecule has 98 valence electrons. The predicted molar refractivity (Wildman–Crippen MR) is 72.8 cm³/mol. The lowest BCUT2D eigenvalue weighted by atomic mass is 10.2. The monoisotopic (exact) mass is 265 g/mol. The van der Waals surface area contributed by atoms with Crippen molar-refractivity contribution in [1.29, 1.82) is 0 Å². The first kappa shape index (κ1) is 10.9. The molecule has 4 rings (SSSR count). The second-order valence-corrected chi connectivity index (χ2v) is 4.50. The predicted octanol–water partition coefficient (Wildman–Crippen LogP) is 1.52. The zero-order valence-corrected chi connectivity index (χ0v) is 10.7. The van der Waals surface area contributed by atoms with Gasteiger partial charge in [-0.15, -0.1) is 0 Å². The summed E-state index contributed by atoms with van der Waals surface area (Å²) < 4.78 is 3.56. The zero-order valence-electron chi connectivity index (χ0n) is 10.7. The van der Waals surface area contributed by atoms with Gasteiger partial charge in [-0.2, -0.15) is 15.3 Å². The Kier molecular flexibility index (Phi) is 2.19. The van der Waals surface area contributed by atoms with E-state index in [-0.39, 0.29) is 0 Å². The van der Waals surface area contributed by atoms with Gasteiger partial charge in [0.05, 0.1) is 29.8 Å². The highest BCUT2D eigenvalue weighted by molar-refractivity contribution is 5.77. The number of aromatic amines is 1. The van der Waals surface area contributed by atoms with Gasteiger partial charge in [0.2, 0.25) is 0 Å². The van der Waals surface area contributed by atoms with Crippen LogP contribution in [0, 0.1) is 0 Å². The maximum absolute atomic E-state index is 4.70. The van der Waals surface area contributed by atoms with Crippen LogP contribution in [0.25, 0.3) is 28.2 Å². The summed E-state index contributed by atoms with van der Waals surface area (Å²) in [6.07, 6.45) is 9.08. The van der Waals surface area contributed by atoms with Gasteiger partial charge in [-0.3, -0.25) is 9.78 Å². The van der Waals surface area contributed by atoms with Crippen molar-refractivity contribution in [2.45, 2.75) is 0 Å². The van der Waals surface area contributed by atoms with Crippen molar-refractivity contribution in [3.63, 3.8) is 0 Å². The van der Waals surface area contributed by atoms with Crippen molar-refractivity contribution in [1.82, 2.24) is 34.6 Å². The molecule has 7 heteroatoms. The number of hydrogen-bond donors (Lipinski definition) is 1. The molecule has 0 amide bonds. The Morgan fingerprint density at radius 1 is 1.20 bits per heavy atom. The van der Waals surface area contributed by atoms with Crippen LogP contribution in [0.3, 0.4) is 0 Å². The zero-order chi connectivity index (χ0) is 13.5. The molecular weight excluding hydrogens is 254 g/mol. The normalized spacial score (nSPS) is 11.2. The molecule has 20 heavy (non-hydrogen) atoms. The third-order valence-electron chi connectivity index (χ3n) is 3.14. The molecular formula is C13H11N7. The van der Waals surface area contributed by atoms with Gasteiger partial charge in [0.1, 0.15) is 11.4 Å². The molecule has 0 spiro atoms. The summed E-state index contributed by atoms with van der Waals surface area (Å²) in [6.45, 7) is 0. The maximum atomic E-state index is 4.70. The lowest BCUT2D eigenvalue weighted by Crippen LogP contribution is -1.97. The second kappa shape index (κ2) is 4.02. The van der Waals surface area contributed by atoms with E-state index in [9.17, 15) is 0 Å². The van der Waals surface area contributed by atoms with Gasteiger partial charge in [-0.1, -0.05) is 0 Å². The van der Waals surface area contributed by atoms with Crippen molar-refractivity contribution in [2.24, 2.45) is 7.05 Å². The molecule has 4 aromatic rings. The van der Waals surface area contributed by atoms with E-state index in [1.165, 1.54) is 0 Å². The SMILES string of the molecule is Cn1ccc(-c2cn3nccc3c(-c3cn[nH]c3)n2)n1.